The molecule has 2 aliphatic heterocycles. The van der Waals surface area contributed by atoms with E-state index in [1.807, 2.05) is 56.9 Å². The van der Waals surface area contributed by atoms with Crippen molar-refractivity contribution in [3.05, 3.63) is 24.3 Å². The number of nitrogens with zero attached hydrogens (tertiary/aromatic N) is 2. The van der Waals surface area contributed by atoms with Gasteiger partial charge in [-0.3, -0.25) is 4.79 Å². The van der Waals surface area contributed by atoms with Crippen LogP contribution in [0.2, 0.25) is 0 Å². The van der Waals surface area contributed by atoms with Crippen molar-refractivity contribution in [2.75, 3.05) is 23.0 Å². The van der Waals surface area contributed by atoms with E-state index >= 15 is 0 Å². The number of fused-ring (bicyclic) bond motifs is 1. The highest BCUT2D eigenvalue weighted by Crippen LogP contribution is 2.41. The van der Waals surface area contributed by atoms with E-state index in [4.69, 9.17) is 4.74 Å². The number of hydrogen-bond acceptors (Lipinski definition) is 5. The van der Waals surface area contributed by atoms with Gasteiger partial charge in [0.1, 0.15) is 5.75 Å². The van der Waals surface area contributed by atoms with Gasteiger partial charge in [-0.25, -0.2) is 8.42 Å². The van der Waals surface area contributed by atoms with Gasteiger partial charge in [-0.15, -0.1) is 0 Å². The molecule has 0 saturated carbocycles. The van der Waals surface area contributed by atoms with Gasteiger partial charge in [0, 0.05) is 16.4 Å². The lowest BCUT2D eigenvalue weighted by Gasteiger charge is -2.25. The minimum Gasteiger partial charge on any atom is -0.494 e. The Balaban J connectivity index is 1.97. The van der Waals surface area contributed by atoms with E-state index < -0.39 is 15.3 Å². The quantitative estimate of drug-likeness (QED) is 0.782. The van der Waals surface area contributed by atoms with Gasteiger partial charge in [-0.2, -0.15) is 4.99 Å². The Hall–Kier alpha value is -1.54. The Kier molecular flexibility index (Phi) is 5.09. The van der Waals surface area contributed by atoms with Crippen molar-refractivity contribution in [2.45, 2.75) is 39.0 Å². The Morgan fingerprint density at radius 1 is 1.27 bits per heavy atom. The zero-order chi connectivity index (χ0) is 19.1. The molecule has 2 heterocycles. The number of benzene rings is 1. The molecule has 1 amide bonds. The first-order valence-corrected chi connectivity index (χ1v) is 11.3. The monoisotopic (exact) mass is 396 g/mol. The molecule has 2 atom stereocenters. The first-order valence-electron chi connectivity index (χ1n) is 8.63. The Bertz CT molecular complexity index is 826. The second-order valence-electron chi connectivity index (χ2n) is 7.55. The molecule has 2 unspecified atom stereocenters. The van der Waals surface area contributed by atoms with Crippen LogP contribution in [0.1, 0.15) is 27.7 Å². The van der Waals surface area contributed by atoms with Crippen molar-refractivity contribution in [1.82, 2.24) is 0 Å². The number of aliphatic imine (C=N–C) groups is 1. The third kappa shape index (κ3) is 3.91. The Morgan fingerprint density at radius 2 is 1.92 bits per heavy atom. The van der Waals surface area contributed by atoms with E-state index in [0.29, 0.717) is 11.8 Å². The van der Waals surface area contributed by atoms with Gasteiger partial charge in [0.25, 0.3) is 5.91 Å². The summed E-state index contributed by atoms with van der Waals surface area (Å²) in [6.07, 6.45) is 0. The molecule has 0 bridgehead atoms. The number of rotatable bonds is 3. The highest BCUT2D eigenvalue weighted by atomic mass is 32.2. The van der Waals surface area contributed by atoms with Crippen molar-refractivity contribution in [3.8, 4) is 5.75 Å². The van der Waals surface area contributed by atoms with Gasteiger partial charge < -0.3 is 9.64 Å². The second kappa shape index (κ2) is 6.88. The summed E-state index contributed by atoms with van der Waals surface area (Å²) in [5, 5.41) is 0.483. The summed E-state index contributed by atoms with van der Waals surface area (Å²) >= 11 is 1.39. The van der Waals surface area contributed by atoms with E-state index in [9.17, 15) is 13.2 Å². The maximum absolute atomic E-state index is 12.4. The fourth-order valence-corrected chi connectivity index (χ4v) is 6.90. The van der Waals surface area contributed by atoms with Crippen LogP contribution < -0.4 is 9.64 Å². The van der Waals surface area contributed by atoms with Crippen molar-refractivity contribution < 1.29 is 17.9 Å². The molecule has 0 radical (unpaired) electrons. The molecule has 1 aromatic carbocycles. The van der Waals surface area contributed by atoms with E-state index in [2.05, 4.69) is 4.99 Å². The maximum Gasteiger partial charge on any atom is 0.253 e. The molecular formula is C18H24N2O4S2. The average Bonchev–Trinajstić information content (AvgIpc) is 2.98. The molecule has 6 nitrogen and oxygen atoms in total. The van der Waals surface area contributed by atoms with Crippen molar-refractivity contribution >= 4 is 38.4 Å². The summed E-state index contributed by atoms with van der Waals surface area (Å²) in [6.45, 7) is 7.97. The van der Waals surface area contributed by atoms with E-state index in [-0.39, 0.29) is 28.7 Å². The van der Waals surface area contributed by atoms with Crippen LogP contribution in [0.15, 0.2) is 29.3 Å². The molecule has 142 valence electrons. The number of carbonyl (C=O) groups is 1. The zero-order valence-corrected chi connectivity index (χ0v) is 17.1. The lowest BCUT2D eigenvalue weighted by atomic mass is 9.96. The van der Waals surface area contributed by atoms with Gasteiger partial charge in [0.05, 0.1) is 24.2 Å². The normalized spacial score (nSPS) is 26.2. The van der Waals surface area contributed by atoms with E-state index in [1.165, 1.54) is 11.8 Å². The van der Waals surface area contributed by atoms with Gasteiger partial charge in [-0.05, 0) is 31.2 Å². The molecule has 0 aliphatic carbocycles. The number of hydrogen-bond donors (Lipinski definition) is 0. The summed E-state index contributed by atoms with van der Waals surface area (Å²) in [5.74, 6) is 0.751. The molecule has 26 heavy (non-hydrogen) atoms. The standard InChI is InChI=1S/C18H24N2O4S2/c1-5-24-13-8-6-12(7-9-13)20-14-10-26(22,23)11-15(14)25-17(20)19-16(21)18(2,3)4/h6-9,14-15H,5,10-11H2,1-4H3. The Morgan fingerprint density at radius 3 is 2.50 bits per heavy atom. The Labute approximate surface area is 158 Å². The molecule has 8 heteroatoms. The predicted molar refractivity (Wildman–Crippen MR) is 106 cm³/mol. The third-order valence-electron chi connectivity index (χ3n) is 4.33. The summed E-state index contributed by atoms with van der Waals surface area (Å²) < 4.78 is 29.6. The van der Waals surface area contributed by atoms with Crippen molar-refractivity contribution in [1.29, 1.82) is 0 Å². The van der Waals surface area contributed by atoms with Crippen LogP contribution >= 0.6 is 11.8 Å². The second-order valence-corrected chi connectivity index (χ2v) is 10.9. The summed E-state index contributed by atoms with van der Waals surface area (Å²) in [7, 11) is -3.07. The lowest BCUT2D eigenvalue weighted by molar-refractivity contribution is -0.124. The van der Waals surface area contributed by atoms with Crippen LogP contribution in [-0.2, 0) is 14.6 Å². The molecular weight excluding hydrogens is 372 g/mol. The van der Waals surface area contributed by atoms with Crippen LogP contribution in [0.3, 0.4) is 0 Å². The summed E-state index contributed by atoms with van der Waals surface area (Å²) in [5.41, 5.74) is 0.243. The average molecular weight is 397 g/mol. The highest BCUT2D eigenvalue weighted by molar-refractivity contribution is 8.16. The number of sulfone groups is 1. The highest BCUT2D eigenvalue weighted by Gasteiger charge is 2.49. The van der Waals surface area contributed by atoms with E-state index in [0.717, 1.165) is 11.4 Å². The topological polar surface area (TPSA) is 76.0 Å². The number of anilines is 1. The van der Waals surface area contributed by atoms with Gasteiger partial charge in [-0.1, -0.05) is 32.5 Å². The number of thioether (sulfide) groups is 1. The largest absolute Gasteiger partial charge is 0.494 e. The molecule has 0 aromatic heterocycles. The molecule has 1 aromatic rings. The van der Waals surface area contributed by atoms with Crippen molar-refractivity contribution in [2.24, 2.45) is 10.4 Å². The smallest absolute Gasteiger partial charge is 0.253 e. The molecule has 2 aliphatic rings. The van der Waals surface area contributed by atoms with Gasteiger partial charge in [0.15, 0.2) is 15.0 Å². The first-order chi connectivity index (χ1) is 12.1. The molecule has 2 fully saturated rings. The van der Waals surface area contributed by atoms with E-state index in [1.54, 1.807) is 0 Å². The summed E-state index contributed by atoms with van der Waals surface area (Å²) in [4.78, 5) is 18.7. The zero-order valence-electron chi connectivity index (χ0n) is 15.4. The van der Waals surface area contributed by atoms with Gasteiger partial charge in [0.2, 0.25) is 0 Å². The minimum atomic E-state index is -3.07. The first kappa shape index (κ1) is 19.2. The number of ether oxygens (including phenoxy) is 1. The predicted octanol–water partition coefficient (Wildman–Crippen LogP) is 2.73. The molecule has 2 saturated heterocycles. The fraction of sp³-hybridized carbons (Fsp3) is 0.556. The minimum absolute atomic E-state index is 0.0839. The van der Waals surface area contributed by atoms with Crippen LogP contribution in [0.5, 0.6) is 5.75 Å². The molecule has 3 rings (SSSR count). The third-order valence-corrected chi connectivity index (χ3v) is 7.54. The number of carbonyl (C=O) groups excluding carboxylic acids is 1. The van der Waals surface area contributed by atoms with Crippen LogP contribution in [0.4, 0.5) is 5.69 Å². The van der Waals surface area contributed by atoms with Crippen LogP contribution in [-0.4, -0.2) is 48.9 Å². The van der Waals surface area contributed by atoms with Crippen LogP contribution in [0, 0.1) is 5.41 Å². The molecule has 0 spiro atoms. The van der Waals surface area contributed by atoms with Crippen LogP contribution in [0.25, 0.3) is 0 Å². The van der Waals surface area contributed by atoms with Crippen molar-refractivity contribution in [3.63, 3.8) is 0 Å². The SMILES string of the molecule is CCOc1ccc(N2C(=NC(=O)C(C)(C)C)SC3CS(=O)(=O)CC32)cc1. The lowest BCUT2D eigenvalue weighted by Crippen LogP contribution is -2.38. The fourth-order valence-electron chi connectivity index (χ4n) is 2.99. The summed E-state index contributed by atoms with van der Waals surface area (Å²) in [6, 6.07) is 7.27. The maximum atomic E-state index is 12.4. The number of amides is 1. The molecule has 0 N–H and O–H groups in total. The number of amidine groups is 1. The van der Waals surface area contributed by atoms with Gasteiger partial charge >= 0.3 is 0 Å².